The third kappa shape index (κ3) is 3.23. The van der Waals surface area contributed by atoms with E-state index in [1.165, 1.54) is 0 Å². The zero-order chi connectivity index (χ0) is 14.7. The molecule has 0 spiro atoms. The Morgan fingerprint density at radius 1 is 1.60 bits per heavy atom. The monoisotopic (exact) mass is 343 g/mol. The fourth-order valence-electron chi connectivity index (χ4n) is 2.51. The zero-order valence-electron chi connectivity index (χ0n) is 12.3. The first-order valence-electron chi connectivity index (χ1n) is 7.19. The van der Waals surface area contributed by atoms with Gasteiger partial charge in [-0.1, -0.05) is 13.8 Å². The summed E-state index contributed by atoms with van der Waals surface area (Å²) >= 11 is 3.49. The lowest BCUT2D eigenvalue weighted by molar-refractivity contribution is 0.00699. The maximum atomic E-state index is 12.6. The van der Waals surface area contributed by atoms with Crippen LogP contribution in [-0.2, 0) is 4.74 Å². The first kappa shape index (κ1) is 15.5. The molecule has 1 N–H and O–H groups in total. The van der Waals surface area contributed by atoms with Gasteiger partial charge in [-0.2, -0.15) is 5.10 Å². The number of carbonyl (C=O) groups is 1. The van der Waals surface area contributed by atoms with Gasteiger partial charge in [0.15, 0.2) is 5.69 Å². The van der Waals surface area contributed by atoms with Crippen molar-refractivity contribution in [1.82, 2.24) is 15.1 Å². The summed E-state index contributed by atoms with van der Waals surface area (Å²) in [5, 5.41) is 7.13. The molecule has 1 fully saturated rings. The summed E-state index contributed by atoms with van der Waals surface area (Å²) in [7, 11) is 0. The maximum Gasteiger partial charge on any atom is 0.275 e. The van der Waals surface area contributed by atoms with Crippen molar-refractivity contribution in [2.75, 3.05) is 19.7 Å². The molecule has 6 heteroatoms. The number of aromatic amines is 1. The number of H-pyrrole nitrogens is 1. The standard InChI is InChI=1S/C14H22BrN3O2/c1-4-20-10-6-5-7-18(8-10)14(19)13-11(15)12(9(2)3)16-17-13/h9-10H,4-8H2,1-3H3,(H,16,17)/t10-/m0/s1. The number of halogens is 1. The molecule has 1 aliphatic heterocycles. The van der Waals surface area contributed by atoms with Gasteiger partial charge in [0, 0.05) is 19.7 Å². The number of nitrogens with one attached hydrogen (secondary N) is 1. The lowest BCUT2D eigenvalue weighted by Gasteiger charge is -2.32. The first-order valence-corrected chi connectivity index (χ1v) is 7.98. The lowest BCUT2D eigenvalue weighted by atomic mass is 10.1. The third-order valence-corrected chi connectivity index (χ3v) is 4.38. The van der Waals surface area contributed by atoms with Crippen molar-refractivity contribution in [3.63, 3.8) is 0 Å². The van der Waals surface area contributed by atoms with Crippen LogP contribution in [0.1, 0.15) is 55.7 Å². The molecule has 0 saturated carbocycles. The maximum absolute atomic E-state index is 12.6. The highest BCUT2D eigenvalue weighted by Crippen LogP contribution is 2.27. The van der Waals surface area contributed by atoms with Crippen LogP contribution in [0.15, 0.2) is 4.47 Å². The third-order valence-electron chi connectivity index (χ3n) is 3.58. The van der Waals surface area contributed by atoms with Gasteiger partial charge in [-0.25, -0.2) is 0 Å². The molecule has 1 aliphatic rings. The van der Waals surface area contributed by atoms with E-state index in [0.29, 0.717) is 24.8 Å². The number of rotatable bonds is 4. The van der Waals surface area contributed by atoms with Gasteiger partial charge in [0.1, 0.15) is 0 Å². The SMILES string of the molecule is CCO[C@H]1CCCN(C(=O)c2n[nH]c(C(C)C)c2Br)C1. The van der Waals surface area contributed by atoms with Crippen LogP contribution in [-0.4, -0.2) is 46.8 Å². The molecule has 1 saturated heterocycles. The predicted octanol–water partition coefficient (Wildman–Crippen LogP) is 2.94. The van der Waals surface area contributed by atoms with Gasteiger partial charge in [-0.05, 0) is 41.6 Å². The van der Waals surface area contributed by atoms with Gasteiger partial charge in [0.25, 0.3) is 5.91 Å². The summed E-state index contributed by atoms with van der Waals surface area (Å²) < 4.78 is 6.43. The fourth-order valence-corrected chi connectivity index (χ4v) is 3.32. The number of aromatic nitrogens is 2. The molecule has 0 radical (unpaired) electrons. The van der Waals surface area contributed by atoms with Crippen molar-refractivity contribution < 1.29 is 9.53 Å². The van der Waals surface area contributed by atoms with Gasteiger partial charge in [0.2, 0.25) is 0 Å². The molecular weight excluding hydrogens is 322 g/mol. The van der Waals surface area contributed by atoms with Gasteiger partial charge in [0.05, 0.1) is 16.3 Å². The molecule has 0 aliphatic carbocycles. The van der Waals surface area contributed by atoms with Crippen molar-refractivity contribution in [2.24, 2.45) is 0 Å². The highest BCUT2D eigenvalue weighted by atomic mass is 79.9. The van der Waals surface area contributed by atoms with E-state index in [1.807, 2.05) is 11.8 Å². The normalized spacial score (nSPS) is 19.6. The van der Waals surface area contributed by atoms with E-state index in [0.717, 1.165) is 29.6 Å². The molecule has 1 aromatic rings. The summed E-state index contributed by atoms with van der Waals surface area (Å²) in [6, 6.07) is 0. The zero-order valence-corrected chi connectivity index (χ0v) is 13.9. The van der Waals surface area contributed by atoms with Crippen molar-refractivity contribution in [3.8, 4) is 0 Å². The predicted molar refractivity (Wildman–Crippen MR) is 80.9 cm³/mol. The quantitative estimate of drug-likeness (QED) is 0.914. The summed E-state index contributed by atoms with van der Waals surface area (Å²) in [5.41, 5.74) is 1.44. The minimum Gasteiger partial charge on any atom is -0.377 e. The second-order valence-corrected chi connectivity index (χ2v) is 6.22. The lowest BCUT2D eigenvalue weighted by Crippen LogP contribution is -2.43. The molecule has 1 atom stereocenters. The molecule has 0 bridgehead atoms. The van der Waals surface area contributed by atoms with Gasteiger partial charge >= 0.3 is 0 Å². The van der Waals surface area contributed by atoms with E-state index >= 15 is 0 Å². The highest BCUT2D eigenvalue weighted by Gasteiger charge is 2.28. The fraction of sp³-hybridized carbons (Fsp3) is 0.714. The van der Waals surface area contributed by atoms with E-state index < -0.39 is 0 Å². The molecule has 1 amide bonds. The molecule has 1 aromatic heterocycles. The van der Waals surface area contributed by atoms with Gasteiger partial charge in [-0.15, -0.1) is 0 Å². The number of carbonyl (C=O) groups excluding carboxylic acids is 1. The molecule has 2 heterocycles. The van der Waals surface area contributed by atoms with E-state index in [-0.39, 0.29) is 12.0 Å². The van der Waals surface area contributed by atoms with Crippen molar-refractivity contribution >= 4 is 21.8 Å². The molecule has 5 nitrogen and oxygen atoms in total. The van der Waals surface area contributed by atoms with Crippen LogP contribution in [0, 0.1) is 0 Å². The van der Waals surface area contributed by atoms with Gasteiger partial charge in [-0.3, -0.25) is 9.89 Å². The molecule has 112 valence electrons. The summed E-state index contributed by atoms with van der Waals surface area (Å²) in [5.74, 6) is 0.278. The topological polar surface area (TPSA) is 58.2 Å². The van der Waals surface area contributed by atoms with E-state index in [1.54, 1.807) is 0 Å². The Morgan fingerprint density at radius 2 is 2.35 bits per heavy atom. The van der Waals surface area contributed by atoms with Crippen LogP contribution in [0.25, 0.3) is 0 Å². The average molecular weight is 344 g/mol. The molecular formula is C14H22BrN3O2. The Balaban J connectivity index is 2.11. The number of likely N-dealkylation sites (tertiary alicyclic amines) is 1. The van der Waals surface area contributed by atoms with Crippen LogP contribution in [0.3, 0.4) is 0 Å². The van der Waals surface area contributed by atoms with Crippen molar-refractivity contribution in [3.05, 3.63) is 15.9 Å². The average Bonchev–Trinajstić information content (AvgIpc) is 2.80. The number of nitrogens with zero attached hydrogens (tertiary/aromatic N) is 2. The molecule has 2 rings (SSSR count). The summed E-state index contributed by atoms with van der Waals surface area (Å²) in [6.45, 7) is 8.25. The Bertz CT molecular complexity index is 471. The summed E-state index contributed by atoms with van der Waals surface area (Å²) in [4.78, 5) is 14.4. The number of hydrogen-bond acceptors (Lipinski definition) is 3. The molecule has 0 aromatic carbocycles. The van der Waals surface area contributed by atoms with Crippen LogP contribution in [0.5, 0.6) is 0 Å². The number of amides is 1. The second kappa shape index (κ2) is 6.72. The Labute approximate surface area is 128 Å². The van der Waals surface area contributed by atoms with Crippen LogP contribution in [0.4, 0.5) is 0 Å². The minimum absolute atomic E-state index is 0.0237. The largest absolute Gasteiger partial charge is 0.377 e. The van der Waals surface area contributed by atoms with Gasteiger partial charge < -0.3 is 9.64 Å². The smallest absolute Gasteiger partial charge is 0.275 e. The number of piperidine rings is 1. The molecule has 0 unspecified atom stereocenters. The second-order valence-electron chi connectivity index (χ2n) is 5.43. The van der Waals surface area contributed by atoms with E-state index in [4.69, 9.17) is 4.74 Å². The van der Waals surface area contributed by atoms with Crippen molar-refractivity contribution in [1.29, 1.82) is 0 Å². The summed E-state index contributed by atoms with van der Waals surface area (Å²) in [6.07, 6.45) is 2.16. The van der Waals surface area contributed by atoms with E-state index in [9.17, 15) is 4.79 Å². The van der Waals surface area contributed by atoms with Crippen LogP contribution in [0.2, 0.25) is 0 Å². The van der Waals surface area contributed by atoms with Crippen LogP contribution < -0.4 is 0 Å². The van der Waals surface area contributed by atoms with Crippen molar-refractivity contribution in [2.45, 2.75) is 45.6 Å². The van der Waals surface area contributed by atoms with E-state index in [2.05, 4.69) is 40.0 Å². The molecule has 20 heavy (non-hydrogen) atoms. The Morgan fingerprint density at radius 3 is 2.95 bits per heavy atom. The first-order chi connectivity index (χ1) is 9.54. The highest BCUT2D eigenvalue weighted by molar-refractivity contribution is 9.10. The van der Waals surface area contributed by atoms with Crippen LogP contribution >= 0.6 is 15.9 Å². The Kier molecular flexibility index (Phi) is 5.21. The minimum atomic E-state index is -0.0237. The number of hydrogen-bond donors (Lipinski definition) is 1. The Hall–Kier alpha value is -0.880. The number of ether oxygens (including phenoxy) is 1.